The number of anilines is 1. The van der Waals surface area contributed by atoms with E-state index in [1.54, 1.807) is 6.21 Å². The molecule has 3 aromatic carbocycles. The first kappa shape index (κ1) is 20.5. The van der Waals surface area contributed by atoms with Crippen molar-refractivity contribution in [2.24, 2.45) is 5.10 Å². The van der Waals surface area contributed by atoms with Gasteiger partial charge in [0.25, 0.3) is 0 Å². The maximum absolute atomic E-state index is 11.2. The summed E-state index contributed by atoms with van der Waals surface area (Å²) in [5, 5.41) is 17.4. The Morgan fingerprint density at radius 3 is 2.68 bits per heavy atom. The van der Waals surface area contributed by atoms with E-state index in [0.717, 1.165) is 26.4 Å². The second-order valence-corrected chi connectivity index (χ2v) is 7.53. The maximum atomic E-state index is 11.2. The van der Waals surface area contributed by atoms with E-state index in [1.165, 1.54) is 18.3 Å². The summed E-state index contributed by atoms with van der Waals surface area (Å²) in [5.41, 5.74) is 4.32. The highest BCUT2D eigenvalue weighted by Gasteiger charge is 2.13. The zero-order chi connectivity index (χ0) is 21.6. The fraction of sp³-hybridized carbons (Fsp3) is 0.0435. The van der Waals surface area contributed by atoms with Crippen molar-refractivity contribution in [2.75, 3.05) is 5.43 Å². The Bertz CT molecular complexity index is 1260. The van der Waals surface area contributed by atoms with Gasteiger partial charge >= 0.3 is 5.69 Å². The van der Waals surface area contributed by atoms with Gasteiger partial charge in [-0.3, -0.25) is 15.5 Å². The molecule has 1 heterocycles. The summed E-state index contributed by atoms with van der Waals surface area (Å²) < 4.78 is 7.08. The first-order chi connectivity index (χ1) is 15.1. The average molecular weight is 477 g/mol. The molecule has 0 aliphatic heterocycles. The molecule has 0 fully saturated rings. The predicted molar refractivity (Wildman–Crippen MR) is 125 cm³/mol. The van der Waals surface area contributed by atoms with Crippen molar-refractivity contribution in [1.29, 1.82) is 0 Å². The van der Waals surface area contributed by atoms with Crippen molar-refractivity contribution in [1.82, 2.24) is 4.98 Å². The lowest BCUT2D eigenvalue weighted by molar-refractivity contribution is -0.384. The number of aromatic nitrogens is 1. The number of hydrogen-bond acceptors (Lipinski definition) is 6. The van der Waals surface area contributed by atoms with E-state index in [9.17, 15) is 10.1 Å². The fourth-order valence-corrected chi connectivity index (χ4v) is 3.33. The van der Waals surface area contributed by atoms with Crippen LogP contribution < -0.4 is 10.2 Å². The van der Waals surface area contributed by atoms with E-state index in [2.05, 4.69) is 31.4 Å². The third-order valence-corrected chi connectivity index (χ3v) is 5.11. The largest absolute Gasteiger partial charge is 0.488 e. The molecule has 4 rings (SSSR count). The molecule has 8 heteroatoms. The van der Waals surface area contributed by atoms with Crippen molar-refractivity contribution in [2.45, 2.75) is 6.61 Å². The number of halogens is 1. The Balaban J connectivity index is 1.63. The maximum Gasteiger partial charge on any atom is 0.313 e. The quantitative estimate of drug-likeness (QED) is 0.202. The zero-order valence-electron chi connectivity index (χ0n) is 16.2. The number of nitro groups is 1. The Morgan fingerprint density at radius 2 is 1.87 bits per heavy atom. The monoisotopic (exact) mass is 476 g/mol. The van der Waals surface area contributed by atoms with Crippen LogP contribution in [0.4, 0.5) is 11.5 Å². The summed E-state index contributed by atoms with van der Waals surface area (Å²) >= 11 is 3.43. The number of nitrogens with one attached hydrogen (secondary N) is 1. The molecule has 0 radical (unpaired) electrons. The number of fused-ring (bicyclic) bond motifs is 1. The van der Waals surface area contributed by atoms with Crippen LogP contribution >= 0.6 is 15.9 Å². The minimum absolute atomic E-state index is 0.0707. The van der Waals surface area contributed by atoms with Gasteiger partial charge in [0.15, 0.2) is 0 Å². The van der Waals surface area contributed by atoms with E-state index < -0.39 is 4.92 Å². The molecule has 0 amide bonds. The second kappa shape index (κ2) is 9.36. The Morgan fingerprint density at radius 1 is 1.06 bits per heavy atom. The van der Waals surface area contributed by atoms with Crippen molar-refractivity contribution >= 4 is 44.4 Å². The number of benzene rings is 3. The van der Waals surface area contributed by atoms with Crippen molar-refractivity contribution < 1.29 is 9.66 Å². The van der Waals surface area contributed by atoms with Gasteiger partial charge in [-0.05, 0) is 40.6 Å². The first-order valence-electron chi connectivity index (χ1n) is 9.39. The smallest absolute Gasteiger partial charge is 0.313 e. The summed E-state index contributed by atoms with van der Waals surface area (Å²) in [6, 6.07) is 22.5. The predicted octanol–water partition coefficient (Wildman–Crippen LogP) is 5.93. The van der Waals surface area contributed by atoms with Gasteiger partial charge in [0.2, 0.25) is 5.82 Å². The highest BCUT2D eigenvalue weighted by molar-refractivity contribution is 9.10. The molecule has 1 N–H and O–H groups in total. The van der Waals surface area contributed by atoms with Crippen LogP contribution in [0.15, 0.2) is 88.6 Å². The van der Waals surface area contributed by atoms with Crippen molar-refractivity contribution in [3.05, 3.63) is 105 Å². The Hall–Kier alpha value is -3.78. The molecule has 0 saturated carbocycles. The Labute approximate surface area is 186 Å². The van der Waals surface area contributed by atoms with Crippen LogP contribution in [0, 0.1) is 10.1 Å². The average Bonchev–Trinajstić information content (AvgIpc) is 2.79. The standard InChI is InChI=1S/C23H17BrN4O3/c24-18-10-7-16(8-11-18)15-31-22-12-9-17-4-1-2-5-19(17)20(22)14-26-27-23-21(28(29)30)6-3-13-25-23/h1-14H,15H2,(H,25,27)/b26-14-. The molecule has 0 aliphatic carbocycles. The molecule has 0 unspecified atom stereocenters. The van der Waals surface area contributed by atoms with Gasteiger partial charge in [0.1, 0.15) is 12.4 Å². The van der Waals surface area contributed by atoms with E-state index in [0.29, 0.717) is 12.4 Å². The second-order valence-electron chi connectivity index (χ2n) is 6.61. The third kappa shape index (κ3) is 4.87. The van der Waals surface area contributed by atoms with Gasteiger partial charge in [-0.25, -0.2) is 4.98 Å². The molecular formula is C23H17BrN4O3. The molecule has 0 aliphatic rings. The summed E-state index contributed by atoms with van der Waals surface area (Å²) in [4.78, 5) is 14.7. The minimum Gasteiger partial charge on any atom is -0.488 e. The highest BCUT2D eigenvalue weighted by atomic mass is 79.9. The normalized spacial score (nSPS) is 11.0. The first-order valence-corrected chi connectivity index (χ1v) is 10.2. The van der Waals surface area contributed by atoms with Gasteiger partial charge in [-0.1, -0.05) is 58.4 Å². The molecule has 0 bridgehead atoms. The summed E-state index contributed by atoms with van der Waals surface area (Å²) in [6.07, 6.45) is 3.06. The molecule has 4 aromatic rings. The molecule has 1 aromatic heterocycles. The van der Waals surface area contributed by atoms with Gasteiger partial charge < -0.3 is 4.74 Å². The van der Waals surface area contributed by atoms with Crippen LogP contribution in [0.2, 0.25) is 0 Å². The number of rotatable bonds is 7. The van der Waals surface area contributed by atoms with Gasteiger partial charge in [0, 0.05) is 22.3 Å². The van der Waals surface area contributed by atoms with E-state index in [-0.39, 0.29) is 11.5 Å². The molecule has 0 atom stereocenters. The molecule has 0 saturated heterocycles. The number of hydrogen-bond donors (Lipinski definition) is 1. The SMILES string of the molecule is O=[N+]([O-])c1cccnc1N/N=C\c1c(OCc2ccc(Br)cc2)ccc2ccccc12. The Kier molecular flexibility index (Phi) is 6.18. The van der Waals surface area contributed by atoms with Gasteiger partial charge in [-0.15, -0.1) is 0 Å². The van der Waals surface area contributed by atoms with E-state index in [1.807, 2.05) is 60.7 Å². The van der Waals surface area contributed by atoms with Crippen LogP contribution in [0.3, 0.4) is 0 Å². The lowest BCUT2D eigenvalue weighted by Gasteiger charge is -2.12. The fourth-order valence-electron chi connectivity index (χ4n) is 3.06. The lowest BCUT2D eigenvalue weighted by Crippen LogP contribution is -2.01. The number of ether oxygens (including phenoxy) is 1. The molecule has 0 spiro atoms. The van der Waals surface area contributed by atoms with E-state index in [4.69, 9.17) is 4.74 Å². The summed E-state index contributed by atoms with van der Waals surface area (Å²) in [7, 11) is 0. The minimum atomic E-state index is -0.504. The number of nitrogens with zero attached hydrogens (tertiary/aromatic N) is 3. The van der Waals surface area contributed by atoms with Crippen LogP contribution in [-0.4, -0.2) is 16.1 Å². The molecular weight excluding hydrogens is 460 g/mol. The van der Waals surface area contributed by atoms with Crippen LogP contribution in [0.25, 0.3) is 10.8 Å². The third-order valence-electron chi connectivity index (χ3n) is 4.59. The van der Waals surface area contributed by atoms with Gasteiger partial charge in [0.05, 0.1) is 11.1 Å². The molecule has 7 nitrogen and oxygen atoms in total. The van der Waals surface area contributed by atoms with Crippen LogP contribution in [-0.2, 0) is 6.61 Å². The summed E-state index contributed by atoms with van der Waals surface area (Å²) in [5.74, 6) is 0.726. The summed E-state index contributed by atoms with van der Waals surface area (Å²) in [6.45, 7) is 0.394. The molecule has 154 valence electrons. The van der Waals surface area contributed by atoms with Crippen LogP contribution in [0.1, 0.15) is 11.1 Å². The van der Waals surface area contributed by atoms with Crippen molar-refractivity contribution in [3.8, 4) is 5.75 Å². The zero-order valence-corrected chi connectivity index (χ0v) is 17.8. The molecule has 31 heavy (non-hydrogen) atoms. The highest BCUT2D eigenvalue weighted by Crippen LogP contribution is 2.28. The van der Waals surface area contributed by atoms with Crippen molar-refractivity contribution in [3.63, 3.8) is 0 Å². The topological polar surface area (TPSA) is 89.7 Å². The van der Waals surface area contributed by atoms with E-state index >= 15 is 0 Å². The van der Waals surface area contributed by atoms with Crippen LogP contribution in [0.5, 0.6) is 5.75 Å². The number of hydrazone groups is 1. The lowest BCUT2D eigenvalue weighted by atomic mass is 10.0. The van der Waals surface area contributed by atoms with Gasteiger partial charge in [-0.2, -0.15) is 5.10 Å². The number of pyridine rings is 1.